The molecule has 0 amide bonds. The van der Waals surface area contributed by atoms with Crippen molar-refractivity contribution in [3.05, 3.63) is 29.6 Å². The summed E-state index contributed by atoms with van der Waals surface area (Å²) < 4.78 is 0. The van der Waals surface area contributed by atoms with Crippen molar-refractivity contribution in [2.75, 3.05) is 6.54 Å². The molecule has 0 aromatic carbocycles. The Balaban J connectivity index is 2.49. The highest BCUT2D eigenvalue weighted by molar-refractivity contribution is 5.80. The Morgan fingerprint density at radius 1 is 1.27 bits per heavy atom. The van der Waals surface area contributed by atoms with E-state index < -0.39 is 0 Å². The Bertz CT molecular complexity index is 442. The zero-order valence-corrected chi connectivity index (χ0v) is 14.7. The van der Waals surface area contributed by atoms with Crippen molar-refractivity contribution in [2.45, 2.75) is 72.4 Å². The van der Waals surface area contributed by atoms with E-state index >= 15 is 0 Å². The molecule has 1 aromatic heterocycles. The van der Waals surface area contributed by atoms with Gasteiger partial charge in [-0.1, -0.05) is 38.7 Å². The third-order valence-electron chi connectivity index (χ3n) is 3.72. The molecule has 4 nitrogen and oxygen atoms in total. The topological polar surface area (TPSA) is 49.3 Å². The third kappa shape index (κ3) is 7.43. The summed E-state index contributed by atoms with van der Waals surface area (Å²) in [6.45, 7) is 10.1. The summed E-state index contributed by atoms with van der Waals surface area (Å²) in [6.07, 6.45) is 8.24. The monoisotopic (exact) mass is 304 g/mol. The first kappa shape index (κ1) is 18.5. The number of aromatic nitrogens is 1. The smallest absolute Gasteiger partial charge is 0.191 e. The third-order valence-corrected chi connectivity index (χ3v) is 3.72. The fraction of sp³-hybridized carbons (Fsp3) is 0.667. The summed E-state index contributed by atoms with van der Waals surface area (Å²) in [7, 11) is 0. The van der Waals surface area contributed by atoms with Crippen LogP contribution >= 0.6 is 0 Å². The molecule has 0 aliphatic heterocycles. The van der Waals surface area contributed by atoms with Gasteiger partial charge in [-0.2, -0.15) is 0 Å². The molecular weight excluding hydrogens is 272 g/mol. The van der Waals surface area contributed by atoms with Crippen molar-refractivity contribution in [3.63, 3.8) is 0 Å². The summed E-state index contributed by atoms with van der Waals surface area (Å²) in [5.41, 5.74) is 2.23. The van der Waals surface area contributed by atoms with Gasteiger partial charge >= 0.3 is 0 Å². The van der Waals surface area contributed by atoms with Crippen LogP contribution in [0.1, 0.15) is 64.1 Å². The number of rotatable bonds is 9. The minimum atomic E-state index is 0.444. The van der Waals surface area contributed by atoms with Crippen LogP contribution in [0.15, 0.2) is 23.3 Å². The molecule has 0 saturated carbocycles. The highest BCUT2D eigenvalue weighted by Gasteiger charge is 2.05. The van der Waals surface area contributed by atoms with E-state index in [4.69, 9.17) is 0 Å². The highest BCUT2D eigenvalue weighted by Crippen LogP contribution is 2.06. The van der Waals surface area contributed by atoms with Gasteiger partial charge in [0.05, 0.1) is 12.2 Å². The lowest BCUT2D eigenvalue weighted by molar-refractivity contribution is 0.537. The fourth-order valence-electron chi connectivity index (χ4n) is 2.34. The molecule has 1 heterocycles. The van der Waals surface area contributed by atoms with Gasteiger partial charge in [0.2, 0.25) is 0 Å². The number of aliphatic imine (C=N–C) groups is 1. The molecule has 22 heavy (non-hydrogen) atoms. The first-order valence-corrected chi connectivity index (χ1v) is 8.62. The standard InChI is InChI=1S/C18H32N4/c1-5-7-8-9-12-16(4)22-18(19-6-2)21-14-17-15(3)11-10-13-20-17/h10-11,13,16H,5-9,12,14H2,1-4H3,(H2,19,21,22). The Morgan fingerprint density at radius 2 is 2.09 bits per heavy atom. The van der Waals surface area contributed by atoms with Gasteiger partial charge in [0.1, 0.15) is 0 Å². The van der Waals surface area contributed by atoms with Gasteiger partial charge < -0.3 is 10.6 Å². The minimum Gasteiger partial charge on any atom is -0.357 e. The Hall–Kier alpha value is -1.58. The van der Waals surface area contributed by atoms with Crippen molar-refractivity contribution >= 4 is 5.96 Å². The van der Waals surface area contributed by atoms with E-state index in [1.807, 2.05) is 12.3 Å². The molecule has 1 atom stereocenters. The normalized spacial score (nSPS) is 13.0. The number of nitrogens with one attached hydrogen (secondary N) is 2. The molecule has 0 spiro atoms. The van der Waals surface area contributed by atoms with Gasteiger partial charge in [0, 0.05) is 18.8 Å². The summed E-state index contributed by atoms with van der Waals surface area (Å²) in [4.78, 5) is 9.06. The maximum absolute atomic E-state index is 4.66. The molecule has 0 aliphatic rings. The van der Waals surface area contributed by atoms with E-state index in [1.54, 1.807) is 0 Å². The average Bonchev–Trinajstić information content (AvgIpc) is 2.51. The number of aryl methyl sites for hydroxylation is 1. The molecule has 1 unspecified atom stereocenters. The van der Waals surface area contributed by atoms with E-state index in [-0.39, 0.29) is 0 Å². The van der Waals surface area contributed by atoms with E-state index in [0.29, 0.717) is 12.6 Å². The second-order valence-electron chi connectivity index (χ2n) is 5.86. The summed E-state index contributed by atoms with van der Waals surface area (Å²) >= 11 is 0. The number of hydrogen-bond acceptors (Lipinski definition) is 2. The molecule has 1 rings (SSSR count). The lowest BCUT2D eigenvalue weighted by Gasteiger charge is -2.17. The Labute approximate surface area is 135 Å². The van der Waals surface area contributed by atoms with Crippen LogP contribution in [0.3, 0.4) is 0 Å². The van der Waals surface area contributed by atoms with E-state index in [2.05, 4.69) is 54.4 Å². The zero-order valence-electron chi connectivity index (χ0n) is 14.7. The molecule has 0 bridgehead atoms. The molecule has 0 saturated heterocycles. The second-order valence-corrected chi connectivity index (χ2v) is 5.86. The zero-order chi connectivity index (χ0) is 16.2. The van der Waals surface area contributed by atoms with Crippen LogP contribution in [0.25, 0.3) is 0 Å². The SMILES string of the molecule is CCCCCCC(C)NC(=NCc1ncccc1C)NCC. The van der Waals surface area contributed by atoms with Crippen molar-refractivity contribution in [1.82, 2.24) is 15.6 Å². The Kier molecular flexibility index (Phi) is 9.28. The number of pyridine rings is 1. The largest absolute Gasteiger partial charge is 0.357 e. The van der Waals surface area contributed by atoms with Crippen molar-refractivity contribution in [3.8, 4) is 0 Å². The summed E-state index contributed by atoms with van der Waals surface area (Å²) in [5, 5.41) is 6.81. The van der Waals surface area contributed by atoms with Crippen molar-refractivity contribution in [1.29, 1.82) is 0 Å². The number of nitrogens with zero attached hydrogens (tertiary/aromatic N) is 2. The molecule has 0 radical (unpaired) electrons. The first-order valence-electron chi connectivity index (χ1n) is 8.62. The van der Waals surface area contributed by atoms with Crippen LogP contribution in [-0.2, 0) is 6.54 Å². The van der Waals surface area contributed by atoms with E-state index in [9.17, 15) is 0 Å². The minimum absolute atomic E-state index is 0.444. The number of hydrogen-bond donors (Lipinski definition) is 2. The van der Waals surface area contributed by atoms with E-state index in [0.717, 1.165) is 18.2 Å². The maximum Gasteiger partial charge on any atom is 0.191 e. The van der Waals surface area contributed by atoms with Gasteiger partial charge in [-0.3, -0.25) is 4.98 Å². The van der Waals surface area contributed by atoms with Gasteiger partial charge in [-0.15, -0.1) is 0 Å². The highest BCUT2D eigenvalue weighted by atomic mass is 15.2. The molecule has 124 valence electrons. The lowest BCUT2D eigenvalue weighted by atomic mass is 10.1. The van der Waals surface area contributed by atoms with Crippen LogP contribution in [0, 0.1) is 6.92 Å². The molecule has 0 fully saturated rings. The van der Waals surface area contributed by atoms with Crippen LogP contribution in [0.4, 0.5) is 0 Å². The van der Waals surface area contributed by atoms with Crippen LogP contribution in [-0.4, -0.2) is 23.5 Å². The van der Waals surface area contributed by atoms with Gasteiger partial charge in [-0.25, -0.2) is 4.99 Å². The number of guanidine groups is 1. The molecule has 0 aliphatic carbocycles. The van der Waals surface area contributed by atoms with Gasteiger partial charge in [0.25, 0.3) is 0 Å². The number of unbranched alkanes of at least 4 members (excludes halogenated alkanes) is 3. The second kappa shape index (κ2) is 11.0. The van der Waals surface area contributed by atoms with Crippen LogP contribution < -0.4 is 10.6 Å². The summed E-state index contributed by atoms with van der Waals surface area (Å²) in [5.74, 6) is 0.885. The lowest BCUT2D eigenvalue weighted by Crippen LogP contribution is -2.42. The van der Waals surface area contributed by atoms with Crippen molar-refractivity contribution in [2.24, 2.45) is 4.99 Å². The fourth-order valence-corrected chi connectivity index (χ4v) is 2.34. The summed E-state index contributed by atoms with van der Waals surface area (Å²) in [6, 6.07) is 4.48. The molecule has 2 N–H and O–H groups in total. The van der Waals surface area contributed by atoms with Crippen LogP contribution in [0.2, 0.25) is 0 Å². The molecule has 4 heteroatoms. The predicted octanol–water partition coefficient (Wildman–Crippen LogP) is 3.80. The first-order chi connectivity index (χ1) is 10.7. The average molecular weight is 304 g/mol. The molecular formula is C18H32N4. The van der Waals surface area contributed by atoms with Crippen molar-refractivity contribution < 1.29 is 0 Å². The van der Waals surface area contributed by atoms with E-state index in [1.165, 1.54) is 37.7 Å². The van der Waals surface area contributed by atoms with Crippen LogP contribution in [0.5, 0.6) is 0 Å². The molecule has 1 aromatic rings. The van der Waals surface area contributed by atoms with Gasteiger partial charge in [0.15, 0.2) is 5.96 Å². The maximum atomic E-state index is 4.66. The van der Waals surface area contributed by atoms with Gasteiger partial charge in [-0.05, 0) is 38.8 Å². The Morgan fingerprint density at radius 3 is 2.77 bits per heavy atom. The predicted molar refractivity (Wildman–Crippen MR) is 95.1 cm³/mol. The quantitative estimate of drug-likeness (QED) is 0.414.